The first-order valence-corrected chi connectivity index (χ1v) is 13.0. The molecule has 0 radical (unpaired) electrons. The molecule has 4 aromatic carbocycles. The second kappa shape index (κ2) is 9.23. The van der Waals surface area contributed by atoms with Crippen molar-refractivity contribution in [2.75, 3.05) is 0 Å². The van der Waals surface area contributed by atoms with Gasteiger partial charge in [0.15, 0.2) is 0 Å². The van der Waals surface area contributed by atoms with Crippen molar-refractivity contribution in [2.45, 2.75) is 59.0 Å². The first-order valence-electron chi connectivity index (χ1n) is 13.0. The van der Waals surface area contributed by atoms with E-state index in [1.807, 2.05) is 13.0 Å². The van der Waals surface area contributed by atoms with Gasteiger partial charge in [-0.3, -0.25) is 4.79 Å². The molecular formula is C34H34O3. The molecule has 0 aliphatic heterocycles. The van der Waals surface area contributed by atoms with Crippen LogP contribution < -0.4 is 9.47 Å². The van der Waals surface area contributed by atoms with Crippen LogP contribution in [-0.2, 0) is 10.2 Å². The molecule has 1 aliphatic rings. The zero-order valence-electron chi connectivity index (χ0n) is 22.5. The van der Waals surface area contributed by atoms with Gasteiger partial charge in [-0.1, -0.05) is 79.7 Å². The topological polar surface area (TPSA) is 35.5 Å². The van der Waals surface area contributed by atoms with Crippen LogP contribution in [0.2, 0.25) is 0 Å². The Morgan fingerprint density at radius 1 is 0.757 bits per heavy atom. The van der Waals surface area contributed by atoms with Crippen LogP contribution in [0.1, 0.15) is 67.5 Å². The molecule has 4 aromatic rings. The number of hydrogen-bond donors (Lipinski definition) is 0. The molecule has 0 unspecified atom stereocenters. The fraction of sp³-hybridized carbons (Fsp3) is 0.265. The quantitative estimate of drug-likeness (QED) is 0.178. The van der Waals surface area contributed by atoms with E-state index < -0.39 is 5.41 Å². The summed E-state index contributed by atoms with van der Waals surface area (Å²) in [6, 6.07) is 30.1. The highest BCUT2D eigenvalue weighted by molar-refractivity contribution is 5.86. The average Bonchev–Trinajstić information content (AvgIpc) is 3.17. The second-order valence-electron chi connectivity index (χ2n) is 10.6. The fourth-order valence-electron chi connectivity index (χ4n) is 5.54. The summed E-state index contributed by atoms with van der Waals surface area (Å²) in [5.41, 5.74) is 8.58. The number of rotatable bonds is 6. The second-order valence-corrected chi connectivity index (χ2v) is 10.6. The molecule has 0 fully saturated rings. The van der Waals surface area contributed by atoms with Gasteiger partial charge in [0.2, 0.25) is 0 Å². The van der Waals surface area contributed by atoms with Crippen molar-refractivity contribution in [1.29, 1.82) is 0 Å². The summed E-state index contributed by atoms with van der Waals surface area (Å²) in [5, 5.41) is 0. The number of carbonyl (C=O) groups is 1. The minimum absolute atomic E-state index is 0.236. The van der Waals surface area contributed by atoms with Crippen molar-refractivity contribution in [3.8, 4) is 22.6 Å². The van der Waals surface area contributed by atoms with Gasteiger partial charge in [0.05, 0.1) is 5.41 Å². The van der Waals surface area contributed by atoms with E-state index in [4.69, 9.17) is 9.47 Å². The van der Waals surface area contributed by atoms with Crippen LogP contribution in [0, 0.1) is 13.8 Å². The van der Waals surface area contributed by atoms with Crippen molar-refractivity contribution >= 4 is 5.97 Å². The van der Waals surface area contributed by atoms with E-state index in [0.29, 0.717) is 5.75 Å². The molecule has 0 spiro atoms. The number of esters is 1. The highest BCUT2D eigenvalue weighted by atomic mass is 16.5. The molecule has 0 atom stereocenters. The van der Waals surface area contributed by atoms with Crippen LogP contribution in [0.4, 0.5) is 0 Å². The summed E-state index contributed by atoms with van der Waals surface area (Å²) >= 11 is 0. The van der Waals surface area contributed by atoms with Crippen molar-refractivity contribution in [3.63, 3.8) is 0 Å². The maximum absolute atomic E-state index is 11.7. The van der Waals surface area contributed by atoms with Crippen molar-refractivity contribution in [3.05, 3.63) is 118 Å². The molecule has 37 heavy (non-hydrogen) atoms. The number of hydrogen-bond acceptors (Lipinski definition) is 3. The van der Waals surface area contributed by atoms with Crippen LogP contribution >= 0.6 is 0 Å². The van der Waals surface area contributed by atoms with Crippen LogP contribution in [0.15, 0.2) is 84.9 Å². The van der Waals surface area contributed by atoms with E-state index in [-0.39, 0.29) is 11.6 Å². The zero-order valence-corrected chi connectivity index (χ0v) is 22.5. The average molecular weight is 491 g/mol. The Balaban J connectivity index is 1.79. The first kappa shape index (κ1) is 24.8. The SMILES string of the molecule is CCC(C)(C)Oc1ccc(C2(c3ccc(OC(C)=O)c(C)c3)c3ccccc3-c3ccccc32)cc1C. The van der Waals surface area contributed by atoms with E-state index in [0.717, 1.165) is 28.9 Å². The summed E-state index contributed by atoms with van der Waals surface area (Å²) < 4.78 is 11.9. The molecule has 0 aromatic heterocycles. The minimum Gasteiger partial charge on any atom is -0.488 e. The highest BCUT2D eigenvalue weighted by Crippen LogP contribution is 2.56. The van der Waals surface area contributed by atoms with Gasteiger partial charge in [0.25, 0.3) is 0 Å². The maximum Gasteiger partial charge on any atom is 0.308 e. The Morgan fingerprint density at radius 3 is 1.70 bits per heavy atom. The highest BCUT2D eigenvalue weighted by Gasteiger charge is 2.46. The van der Waals surface area contributed by atoms with Crippen molar-refractivity contribution in [2.24, 2.45) is 0 Å². The van der Waals surface area contributed by atoms with Gasteiger partial charge in [0, 0.05) is 6.92 Å². The third kappa shape index (κ3) is 4.13. The number of aryl methyl sites for hydroxylation is 2. The third-order valence-electron chi connectivity index (χ3n) is 7.66. The van der Waals surface area contributed by atoms with Gasteiger partial charge in [-0.25, -0.2) is 0 Å². The molecule has 0 N–H and O–H groups in total. The van der Waals surface area contributed by atoms with Gasteiger partial charge < -0.3 is 9.47 Å². The molecule has 0 saturated heterocycles. The lowest BCUT2D eigenvalue weighted by Crippen LogP contribution is -2.29. The summed E-state index contributed by atoms with van der Waals surface area (Å²) in [7, 11) is 0. The predicted molar refractivity (Wildman–Crippen MR) is 150 cm³/mol. The Kier molecular flexibility index (Phi) is 6.19. The molecule has 0 bridgehead atoms. The smallest absolute Gasteiger partial charge is 0.308 e. The summed E-state index contributed by atoms with van der Waals surface area (Å²) in [6.45, 7) is 12.0. The lowest BCUT2D eigenvalue weighted by Gasteiger charge is -2.35. The summed E-state index contributed by atoms with van der Waals surface area (Å²) in [4.78, 5) is 11.7. The lowest BCUT2D eigenvalue weighted by atomic mass is 9.67. The van der Waals surface area contributed by atoms with Gasteiger partial charge >= 0.3 is 5.97 Å². The third-order valence-corrected chi connectivity index (χ3v) is 7.66. The number of fused-ring (bicyclic) bond motifs is 3. The van der Waals surface area contributed by atoms with Crippen LogP contribution in [0.3, 0.4) is 0 Å². The Hall–Kier alpha value is -3.85. The molecule has 3 heteroatoms. The molecule has 0 heterocycles. The van der Waals surface area contributed by atoms with Crippen LogP contribution in [-0.4, -0.2) is 11.6 Å². The predicted octanol–water partition coefficient (Wildman–Crippen LogP) is 8.16. The summed E-state index contributed by atoms with van der Waals surface area (Å²) in [5.74, 6) is 1.18. The van der Waals surface area contributed by atoms with Crippen LogP contribution in [0.5, 0.6) is 11.5 Å². The molecule has 3 nitrogen and oxygen atoms in total. The van der Waals surface area contributed by atoms with Gasteiger partial charge in [-0.2, -0.15) is 0 Å². The van der Waals surface area contributed by atoms with Crippen molar-refractivity contribution in [1.82, 2.24) is 0 Å². The minimum atomic E-state index is -0.518. The Bertz CT molecular complexity index is 1450. The Labute approximate surface area is 220 Å². The zero-order chi connectivity index (χ0) is 26.4. The van der Waals surface area contributed by atoms with Gasteiger partial charge in [-0.05, 0) is 90.8 Å². The first-order chi connectivity index (χ1) is 17.7. The monoisotopic (exact) mass is 490 g/mol. The molecule has 0 saturated carbocycles. The number of carbonyl (C=O) groups excluding carboxylic acids is 1. The van der Waals surface area contributed by atoms with E-state index in [2.05, 4.69) is 107 Å². The lowest BCUT2D eigenvalue weighted by molar-refractivity contribution is -0.131. The largest absolute Gasteiger partial charge is 0.488 e. The number of ether oxygens (including phenoxy) is 2. The summed E-state index contributed by atoms with van der Waals surface area (Å²) in [6.07, 6.45) is 0.923. The molecular weight excluding hydrogens is 456 g/mol. The van der Waals surface area contributed by atoms with Crippen molar-refractivity contribution < 1.29 is 14.3 Å². The fourth-order valence-corrected chi connectivity index (χ4v) is 5.54. The van der Waals surface area contributed by atoms with Gasteiger partial charge in [-0.15, -0.1) is 0 Å². The van der Waals surface area contributed by atoms with E-state index in [1.165, 1.54) is 34.7 Å². The van der Waals surface area contributed by atoms with E-state index in [1.54, 1.807) is 0 Å². The molecule has 5 rings (SSSR count). The Morgan fingerprint density at radius 2 is 1.24 bits per heavy atom. The molecule has 0 amide bonds. The standard InChI is InChI=1S/C34H34O3/c1-7-33(5,6)37-32-19-17-26(21-23(32)3)34(25-16-18-31(22(2)20-25)36-24(4)35)29-14-10-8-12-27(29)28-13-9-11-15-30(28)34/h8-21H,7H2,1-6H3. The molecule has 1 aliphatic carbocycles. The van der Waals surface area contributed by atoms with Crippen LogP contribution in [0.25, 0.3) is 11.1 Å². The van der Waals surface area contributed by atoms with E-state index >= 15 is 0 Å². The maximum atomic E-state index is 11.7. The van der Waals surface area contributed by atoms with Gasteiger partial charge in [0.1, 0.15) is 17.1 Å². The number of benzene rings is 4. The molecule has 188 valence electrons. The van der Waals surface area contributed by atoms with E-state index in [9.17, 15) is 4.79 Å². The normalized spacial score (nSPS) is 13.6.